The number of hydrogen-bond acceptors (Lipinski definition) is 5. The molecule has 142 valence electrons. The van der Waals surface area contributed by atoms with Crippen molar-refractivity contribution in [2.24, 2.45) is 7.05 Å². The van der Waals surface area contributed by atoms with Crippen molar-refractivity contribution in [3.8, 4) is 0 Å². The fourth-order valence-corrected chi connectivity index (χ4v) is 3.77. The largest absolute Gasteiger partial charge is 0.345 e. The van der Waals surface area contributed by atoms with Gasteiger partial charge in [0, 0.05) is 31.6 Å². The normalized spacial score (nSPS) is 17.8. The van der Waals surface area contributed by atoms with Gasteiger partial charge in [-0.3, -0.25) is 4.79 Å². The Hall–Kier alpha value is -2.74. The zero-order chi connectivity index (χ0) is 19.0. The highest BCUT2D eigenvalue weighted by atomic mass is 16.2. The summed E-state index contributed by atoms with van der Waals surface area (Å²) in [6, 6.07) is 5.62. The number of benzene rings is 1. The van der Waals surface area contributed by atoms with E-state index in [1.807, 2.05) is 44.2 Å². The molecule has 1 saturated heterocycles. The molecule has 1 fully saturated rings. The number of amides is 1. The zero-order valence-electron chi connectivity index (χ0n) is 16.0. The lowest BCUT2D eigenvalue weighted by Crippen LogP contribution is -2.39. The maximum absolute atomic E-state index is 13.0. The van der Waals surface area contributed by atoms with E-state index in [0.29, 0.717) is 12.1 Å². The number of rotatable bonds is 4. The Labute approximate surface area is 158 Å². The maximum Gasteiger partial charge on any atom is 0.253 e. The number of hydrogen-bond donors (Lipinski definition) is 1. The molecule has 27 heavy (non-hydrogen) atoms. The third kappa shape index (κ3) is 3.44. The first-order chi connectivity index (χ1) is 13.0. The lowest BCUT2D eigenvalue weighted by atomic mass is 9.96. The van der Waals surface area contributed by atoms with Crippen molar-refractivity contribution in [2.45, 2.75) is 25.3 Å². The number of aromatic nitrogens is 5. The molecule has 1 N–H and O–H groups in total. The number of aromatic amines is 1. The molecule has 1 aliphatic heterocycles. The van der Waals surface area contributed by atoms with Gasteiger partial charge in [-0.25, -0.2) is 4.98 Å². The molecule has 3 aromatic rings. The average Bonchev–Trinajstić information content (AvgIpc) is 3.27. The van der Waals surface area contributed by atoms with Crippen molar-refractivity contribution < 1.29 is 4.79 Å². The van der Waals surface area contributed by atoms with Gasteiger partial charge in [-0.05, 0) is 45.1 Å². The van der Waals surface area contributed by atoms with Gasteiger partial charge >= 0.3 is 0 Å². The zero-order valence-corrected chi connectivity index (χ0v) is 16.0. The van der Waals surface area contributed by atoms with E-state index in [9.17, 15) is 4.79 Å². The van der Waals surface area contributed by atoms with Gasteiger partial charge < -0.3 is 19.4 Å². The lowest BCUT2D eigenvalue weighted by molar-refractivity contribution is 0.0703. The molecule has 8 nitrogen and oxygen atoms in total. The molecule has 4 rings (SSSR count). The van der Waals surface area contributed by atoms with Gasteiger partial charge in [-0.15, -0.1) is 10.2 Å². The van der Waals surface area contributed by atoms with Gasteiger partial charge in [0.1, 0.15) is 11.6 Å². The smallest absolute Gasteiger partial charge is 0.253 e. The van der Waals surface area contributed by atoms with Crippen LogP contribution in [-0.4, -0.2) is 67.6 Å². The summed E-state index contributed by atoms with van der Waals surface area (Å²) in [4.78, 5) is 24.3. The number of carbonyl (C=O) groups excluding carboxylic acids is 1. The number of carbonyl (C=O) groups is 1. The maximum atomic E-state index is 13.0. The number of likely N-dealkylation sites (tertiary alicyclic amines) is 1. The highest BCUT2D eigenvalue weighted by Crippen LogP contribution is 2.27. The summed E-state index contributed by atoms with van der Waals surface area (Å²) in [7, 11) is 6.05. The van der Waals surface area contributed by atoms with Gasteiger partial charge in [0.2, 0.25) is 0 Å². The Bertz CT molecular complexity index is 958. The number of nitrogens with one attached hydrogen (secondary N) is 1. The third-order valence-electron chi connectivity index (χ3n) is 5.20. The molecule has 1 atom stereocenters. The average molecular weight is 367 g/mol. The molecule has 3 heterocycles. The number of piperidine rings is 1. The van der Waals surface area contributed by atoms with Crippen molar-refractivity contribution in [2.75, 3.05) is 27.2 Å². The first-order valence-corrected chi connectivity index (χ1v) is 9.28. The van der Waals surface area contributed by atoms with Gasteiger partial charge in [0.05, 0.1) is 23.9 Å². The van der Waals surface area contributed by atoms with Crippen LogP contribution in [0.3, 0.4) is 0 Å². The van der Waals surface area contributed by atoms with Crippen LogP contribution in [0.15, 0.2) is 24.5 Å². The van der Waals surface area contributed by atoms with Crippen LogP contribution in [0.5, 0.6) is 0 Å². The molecular formula is C19H25N7O. The first kappa shape index (κ1) is 17.7. The van der Waals surface area contributed by atoms with E-state index in [4.69, 9.17) is 0 Å². The quantitative estimate of drug-likeness (QED) is 0.760. The Kier molecular flexibility index (Phi) is 4.65. The van der Waals surface area contributed by atoms with Crippen LogP contribution in [0, 0.1) is 0 Å². The molecule has 0 radical (unpaired) electrons. The predicted octanol–water partition coefficient (Wildman–Crippen LogP) is 1.77. The van der Waals surface area contributed by atoms with Crippen molar-refractivity contribution in [1.29, 1.82) is 0 Å². The van der Waals surface area contributed by atoms with E-state index in [0.717, 1.165) is 48.6 Å². The van der Waals surface area contributed by atoms with E-state index in [2.05, 4.69) is 29.6 Å². The second-order valence-corrected chi connectivity index (χ2v) is 7.50. The minimum atomic E-state index is 0.0619. The van der Waals surface area contributed by atoms with Crippen LogP contribution >= 0.6 is 0 Å². The number of fused-ring (bicyclic) bond motifs is 1. The predicted molar refractivity (Wildman–Crippen MR) is 102 cm³/mol. The summed E-state index contributed by atoms with van der Waals surface area (Å²) in [5.74, 6) is 2.19. The summed E-state index contributed by atoms with van der Waals surface area (Å²) in [6.45, 7) is 2.20. The SMILES string of the molecule is CN(C)Cc1nnc([C@@H]2CCCN(C(=O)c3ccc4nc[nH]c4c3)C2)n1C. The van der Waals surface area contributed by atoms with Crippen LogP contribution < -0.4 is 0 Å². The minimum absolute atomic E-state index is 0.0619. The molecule has 0 bridgehead atoms. The lowest BCUT2D eigenvalue weighted by Gasteiger charge is -2.32. The van der Waals surface area contributed by atoms with Crippen LogP contribution in [0.1, 0.15) is 40.8 Å². The standard InChI is InChI=1S/C19H25N7O/c1-24(2)11-17-22-23-18(25(17)3)14-5-4-8-26(10-14)19(27)13-6-7-15-16(9-13)21-12-20-15/h6-7,9,12,14H,4-5,8,10-11H2,1-3H3,(H,20,21)/t14-/m1/s1. The molecule has 0 spiro atoms. The summed E-state index contributed by atoms with van der Waals surface area (Å²) in [6.07, 6.45) is 3.64. The highest BCUT2D eigenvalue weighted by Gasteiger charge is 2.29. The topological polar surface area (TPSA) is 82.9 Å². The summed E-state index contributed by atoms with van der Waals surface area (Å²) < 4.78 is 2.08. The van der Waals surface area contributed by atoms with Crippen LogP contribution in [-0.2, 0) is 13.6 Å². The molecule has 0 unspecified atom stereocenters. The van der Waals surface area contributed by atoms with Crippen molar-refractivity contribution in [3.63, 3.8) is 0 Å². The molecular weight excluding hydrogens is 342 g/mol. The monoisotopic (exact) mass is 367 g/mol. The fraction of sp³-hybridized carbons (Fsp3) is 0.474. The highest BCUT2D eigenvalue weighted by molar-refractivity contribution is 5.97. The molecule has 1 amide bonds. The Morgan fingerprint density at radius 3 is 3.00 bits per heavy atom. The molecule has 1 aliphatic rings. The molecule has 8 heteroatoms. The summed E-state index contributed by atoms with van der Waals surface area (Å²) in [5.41, 5.74) is 2.45. The summed E-state index contributed by atoms with van der Waals surface area (Å²) in [5, 5.41) is 8.77. The second kappa shape index (κ2) is 7.11. The van der Waals surface area contributed by atoms with E-state index in [-0.39, 0.29) is 11.8 Å². The summed E-state index contributed by atoms with van der Waals surface area (Å²) >= 11 is 0. The van der Waals surface area contributed by atoms with Gasteiger partial charge in [0.15, 0.2) is 0 Å². The Morgan fingerprint density at radius 2 is 2.19 bits per heavy atom. The molecule has 2 aromatic heterocycles. The van der Waals surface area contributed by atoms with E-state index >= 15 is 0 Å². The second-order valence-electron chi connectivity index (χ2n) is 7.50. The van der Waals surface area contributed by atoms with E-state index < -0.39 is 0 Å². The Balaban J connectivity index is 1.52. The third-order valence-corrected chi connectivity index (χ3v) is 5.20. The van der Waals surface area contributed by atoms with Crippen LogP contribution in [0.25, 0.3) is 11.0 Å². The van der Waals surface area contributed by atoms with E-state index in [1.54, 1.807) is 6.33 Å². The fourth-order valence-electron chi connectivity index (χ4n) is 3.77. The molecule has 1 aromatic carbocycles. The van der Waals surface area contributed by atoms with Gasteiger partial charge in [-0.1, -0.05) is 0 Å². The minimum Gasteiger partial charge on any atom is -0.345 e. The van der Waals surface area contributed by atoms with Gasteiger partial charge in [-0.2, -0.15) is 0 Å². The number of nitrogens with zero attached hydrogens (tertiary/aromatic N) is 6. The molecule has 0 aliphatic carbocycles. The molecule has 0 saturated carbocycles. The van der Waals surface area contributed by atoms with Crippen LogP contribution in [0.4, 0.5) is 0 Å². The number of imidazole rings is 1. The van der Waals surface area contributed by atoms with Crippen molar-refractivity contribution in [3.05, 3.63) is 41.7 Å². The Morgan fingerprint density at radius 1 is 1.33 bits per heavy atom. The first-order valence-electron chi connectivity index (χ1n) is 9.28. The van der Waals surface area contributed by atoms with Gasteiger partial charge in [0.25, 0.3) is 5.91 Å². The van der Waals surface area contributed by atoms with Crippen molar-refractivity contribution >= 4 is 16.9 Å². The van der Waals surface area contributed by atoms with Crippen molar-refractivity contribution in [1.82, 2.24) is 34.5 Å². The number of H-pyrrole nitrogens is 1. The van der Waals surface area contributed by atoms with Crippen LogP contribution in [0.2, 0.25) is 0 Å². The van der Waals surface area contributed by atoms with E-state index in [1.165, 1.54) is 0 Å².